The molecule has 2 rings (SSSR count). The van der Waals surface area contributed by atoms with Crippen LogP contribution in [-0.4, -0.2) is 50.7 Å². The Balaban J connectivity index is 2.09. The maximum absolute atomic E-state index is 13.3. The Morgan fingerprint density at radius 1 is 1.14 bits per heavy atom. The van der Waals surface area contributed by atoms with E-state index in [1.807, 2.05) is 17.9 Å². The summed E-state index contributed by atoms with van der Waals surface area (Å²) in [5.41, 5.74) is 1.80. The van der Waals surface area contributed by atoms with E-state index in [0.29, 0.717) is 24.3 Å². The Kier molecular flexibility index (Phi) is 7.29. The molecule has 28 heavy (non-hydrogen) atoms. The van der Waals surface area contributed by atoms with Crippen molar-refractivity contribution in [2.75, 3.05) is 32.5 Å². The highest BCUT2D eigenvalue weighted by atomic mass is 32.2. The Hall–Kier alpha value is -2.29. The molecule has 0 heterocycles. The van der Waals surface area contributed by atoms with Gasteiger partial charge in [0, 0.05) is 26.3 Å². The van der Waals surface area contributed by atoms with E-state index in [4.69, 9.17) is 0 Å². The van der Waals surface area contributed by atoms with Crippen LogP contribution in [0.3, 0.4) is 0 Å². The minimum atomic E-state index is -3.60. The van der Waals surface area contributed by atoms with Crippen molar-refractivity contribution in [2.24, 2.45) is 0 Å². The van der Waals surface area contributed by atoms with Crippen LogP contribution in [0.25, 0.3) is 0 Å². The molecule has 0 saturated carbocycles. The van der Waals surface area contributed by atoms with Crippen LogP contribution in [0.2, 0.25) is 0 Å². The van der Waals surface area contributed by atoms with Crippen LogP contribution in [0.4, 0.5) is 10.1 Å². The molecule has 2 aromatic carbocycles. The molecular weight excluding hydrogens is 381 g/mol. The van der Waals surface area contributed by atoms with Gasteiger partial charge in [0.1, 0.15) is 5.82 Å². The number of rotatable bonds is 8. The molecule has 0 aliphatic carbocycles. The van der Waals surface area contributed by atoms with E-state index in [0.717, 1.165) is 9.87 Å². The van der Waals surface area contributed by atoms with Crippen molar-refractivity contribution >= 4 is 21.6 Å². The first-order valence-electron chi connectivity index (χ1n) is 8.93. The SMILES string of the molecule is CCN(CC(=O)Nc1ccc(C)c(S(=O)(=O)N(C)C)c1)Cc1cccc(F)c1. The highest BCUT2D eigenvalue weighted by Gasteiger charge is 2.20. The molecule has 0 radical (unpaired) electrons. The third-order valence-electron chi connectivity index (χ3n) is 4.34. The summed E-state index contributed by atoms with van der Waals surface area (Å²) in [5, 5.41) is 2.74. The topological polar surface area (TPSA) is 69.7 Å². The first kappa shape index (κ1) is 22.0. The molecule has 0 aromatic heterocycles. The van der Waals surface area contributed by atoms with Crippen molar-refractivity contribution in [2.45, 2.75) is 25.3 Å². The lowest BCUT2D eigenvalue weighted by atomic mass is 10.2. The van der Waals surface area contributed by atoms with Crippen LogP contribution in [0.1, 0.15) is 18.1 Å². The third-order valence-corrected chi connectivity index (χ3v) is 6.30. The van der Waals surface area contributed by atoms with Gasteiger partial charge in [0.2, 0.25) is 15.9 Å². The summed E-state index contributed by atoms with van der Waals surface area (Å²) in [6.07, 6.45) is 0. The van der Waals surface area contributed by atoms with Gasteiger partial charge in [-0.15, -0.1) is 0 Å². The van der Waals surface area contributed by atoms with Gasteiger partial charge in [0.15, 0.2) is 0 Å². The summed E-state index contributed by atoms with van der Waals surface area (Å²) >= 11 is 0. The second-order valence-electron chi connectivity index (χ2n) is 6.75. The fraction of sp³-hybridized carbons (Fsp3) is 0.350. The number of sulfonamides is 1. The molecule has 0 fully saturated rings. The predicted octanol–water partition coefficient (Wildman–Crippen LogP) is 2.85. The summed E-state index contributed by atoms with van der Waals surface area (Å²) in [4.78, 5) is 14.5. The van der Waals surface area contributed by atoms with Crippen LogP contribution in [0.15, 0.2) is 47.4 Å². The minimum Gasteiger partial charge on any atom is -0.325 e. The van der Waals surface area contributed by atoms with Crippen LogP contribution >= 0.6 is 0 Å². The van der Waals surface area contributed by atoms with Crippen molar-refractivity contribution < 1.29 is 17.6 Å². The Morgan fingerprint density at radius 2 is 1.86 bits per heavy atom. The van der Waals surface area contributed by atoms with Crippen LogP contribution in [-0.2, 0) is 21.4 Å². The van der Waals surface area contributed by atoms with Crippen LogP contribution < -0.4 is 5.32 Å². The fourth-order valence-corrected chi connectivity index (χ4v) is 3.87. The Labute approximate surface area is 166 Å². The number of aryl methyl sites for hydroxylation is 1. The molecule has 152 valence electrons. The van der Waals surface area contributed by atoms with Crippen molar-refractivity contribution in [1.82, 2.24) is 9.21 Å². The molecule has 0 unspecified atom stereocenters. The number of carbonyl (C=O) groups is 1. The Morgan fingerprint density at radius 3 is 2.46 bits per heavy atom. The van der Waals surface area contributed by atoms with E-state index in [1.165, 1.54) is 32.3 Å². The van der Waals surface area contributed by atoms with Crippen molar-refractivity contribution in [3.05, 3.63) is 59.4 Å². The average Bonchev–Trinajstić information content (AvgIpc) is 2.62. The number of nitrogens with one attached hydrogen (secondary N) is 1. The molecule has 0 atom stereocenters. The lowest BCUT2D eigenvalue weighted by Gasteiger charge is -2.20. The molecule has 1 N–H and O–H groups in total. The smallest absolute Gasteiger partial charge is 0.242 e. The largest absolute Gasteiger partial charge is 0.325 e. The maximum Gasteiger partial charge on any atom is 0.242 e. The van der Waals surface area contributed by atoms with Crippen LogP contribution in [0, 0.1) is 12.7 Å². The van der Waals surface area contributed by atoms with Gasteiger partial charge in [-0.25, -0.2) is 17.1 Å². The van der Waals surface area contributed by atoms with Gasteiger partial charge in [-0.3, -0.25) is 9.69 Å². The monoisotopic (exact) mass is 407 g/mol. The van der Waals surface area contributed by atoms with Gasteiger partial charge in [-0.2, -0.15) is 0 Å². The number of nitrogens with zero attached hydrogens (tertiary/aromatic N) is 2. The van der Waals surface area contributed by atoms with Crippen LogP contribution in [0.5, 0.6) is 0 Å². The zero-order valence-electron chi connectivity index (χ0n) is 16.6. The van der Waals surface area contributed by atoms with Crippen molar-refractivity contribution in [1.29, 1.82) is 0 Å². The number of hydrogen-bond acceptors (Lipinski definition) is 4. The van der Waals surface area contributed by atoms with Crippen molar-refractivity contribution in [3.8, 4) is 0 Å². The molecule has 0 aliphatic heterocycles. The zero-order chi connectivity index (χ0) is 20.9. The van der Waals surface area contributed by atoms with Gasteiger partial charge in [0.05, 0.1) is 11.4 Å². The summed E-state index contributed by atoms with van der Waals surface area (Å²) in [5.74, 6) is -0.581. The van der Waals surface area contributed by atoms with E-state index in [9.17, 15) is 17.6 Å². The summed E-state index contributed by atoms with van der Waals surface area (Å²) in [6, 6.07) is 11.1. The van der Waals surface area contributed by atoms with E-state index < -0.39 is 10.0 Å². The van der Waals surface area contributed by atoms with E-state index in [2.05, 4.69) is 5.32 Å². The van der Waals surface area contributed by atoms with E-state index in [1.54, 1.807) is 25.1 Å². The van der Waals surface area contributed by atoms with Gasteiger partial charge in [-0.05, 0) is 48.9 Å². The lowest BCUT2D eigenvalue weighted by molar-refractivity contribution is -0.117. The minimum absolute atomic E-state index is 0.108. The molecule has 2 aromatic rings. The predicted molar refractivity (Wildman–Crippen MR) is 108 cm³/mol. The van der Waals surface area contributed by atoms with Crippen molar-refractivity contribution in [3.63, 3.8) is 0 Å². The first-order chi connectivity index (χ1) is 13.1. The molecule has 8 heteroatoms. The first-order valence-corrected chi connectivity index (χ1v) is 10.4. The molecule has 0 saturated heterocycles. The number of amides is 1. The molecular formula is C20H26FN3O3S. The molecule has 0 spiro atoms. The second-order valence-corrected chi connectivity index (χ2v) is 8.87. The second kappa shape index (κ2) is 9.27. The summed E-state index contributed by atoms with van der Waals surface area (Å²) in [6.45, 7) is 4.78. The fourth-order valence-electron chi connectivity index (χ4n) is 2.73. The standard InChI is InChI=1S/C20H26FN3O3S/c1-5-24(13-16-7-6-8-17(21)11-16)14-20(25)22-18-10-9-15(2)19(12-18)28(26,27)23(3)4/h6-12H,5,13-14H2,1-4H3,(H,22,25). The van der Waals surface area contributed by atoms with Gasteiger partial charge < -0.3 is 5.32 Å². The van der Waals surface area contributed by atoms with Gasteiger partial charge >= 0.3 is 0 Å². The number of hydrogen-bond donors (Lipinski definition) is 1. The summed E-state index contributed by atoms with van der Waals surface area (Å²) in [7, 11) is -0.675. The summed E-state index contributed by atoms with van der Waals surface area (Å²) < 4.78 is 39.3. The Bertz CT molecular complexity index is 945. The van der Waals surface area contributed by atoms with E-state index >= 15 is 0 Å². The number of benzene rings is 2. The maximum atomic E-state index is 13.3. The third kappa shape index (κ3) is 5.60. The van der Waals surface area contributed by atoms with Gasteiger partial charge in [0.25, 0.3) is 0 Å². The number of likely N-dealkylation sites (N-methyl/N-ethyl adjacent to an activating group) is 1. The molecule has 6 nitrogen and oxygen atoms in total. The zero-order valence-corrected chi connectivity index (χ0v) is 17.4. The highest BCUT2D eigenvalue weighted by Crippen LogP contribution is 2.22. The number of anilines is 1. The normalized spacial score (nSPS) is 11.8. The number of halogens is 1. The molecule has 0 bridgehead atoms. The lowest BCUT2D eigenvalue weighted by Crippen LogP contribution is -2.32. The average molecular weight is 408 g/mol. The molecule has 0 aliphatic rings. The quantitative estimate of drug-likeness (QED) is 0.731. The van der Waals surface area contributed by atoms with E-state index in [-0.39, 0.29) is 23.2 Å². The number of carbonyl (C=O) groups excluding carboxylic acids is 1. The highest BCUT2D eigenvalue weighted by molar-refractivity contribution is 7.89. The van der Waals surface area contributed by atoms with Gasteiger partial charge in [-0.1, -0.05) is 25.1 Å². The molecule has 1 amide bonds.